The second kappa shape index (κ2) is 6.98. The van der Waals surface area contributed by atoms with E-state index in [-0.39, 0.29) is 11.9 Å². The molecular weight excluding hydrogens is 321 g/mol. The Morgan fingerprint density at radius 3 is 2.30 bits per heavy atom. The average Bonchev–Trinajstić information content (AvgIpc) is 2.44. The van der Waals surface area contributed by atoms with Gasteiger partial charge in [-0.2, -0.15) is 0 Å². The van der Waals surface area contributed by atoms with E-state index in [2.05, 4.69) is 39.6 Å². The minimum Gasteiger partial charge on any atom is -0.329 e. The van der Waals surface area contributed by atoms with Crippen molar-refractivity contribution in [2.45, 2.75) is 25.9 Å². The lowest BCUT2D eigenvalue weighted by Crippen LogP contribution is -2.50. The lowest BCUT2D eigenvalue weighted by Gasteiger charge is -2.40. The van der Waals surface area contributed by atoms with E-state index in [0.717, 1.165) is 31.7 Å². The molecule has 1 aromatic rings. The summed E-state index contributed by atoms with van der Waals surface area (Å²) in [6.07, 6.45) is 0. The van der Waals surface area contributed by atoms with Crippen molar-refractivity contribution >= 4 is 15.9 Å². The SMILES string of the molecule is CC(C)N1CCN(C(CN)c2ccc(Br)c(F)c2)CC1. The van der Waals surface area contributed by atoms with Gasteiger partial charge in [-0.05, 0) is 47.5 Å². The first-order chi connectivity index (χ1) is 9.52. The van der Waals surface area contributed by atoms with Gasteiger partial charge in [0, 0.05) is 44.8 Å². The average molecular weight is 344 g/mol. The number of hydrogen-bond acceptors (Lipinski definition) is 3. The van der Waals surface area contributed by atoms with E-state index < -0.39 is 0 Å². The van der Waals surface area contributed by atoms with Crippen LogP contribution in [0.25, 0.3) is 0 Å². The Hall–Kier alpha value is -0.490. The molecule has 1 atom stereocenters. The Bertz CT molecular complexity index is 445. The lowest BCUT2D eigenvalue weighted by molar-refractivity contribution is 0.0801. The van der Waals surface area contributed by atoms with Crippen LogP contribution in [-0.2, 0) is 0 Å². The fraction of sp³-hybridized carbons (Fsp3) is 0.600. The van der Waals surface area contributed by atoms with Crippen molar-refractivity contribution in [1.29, 1.82) is 0 Å². The molecule has 1 unspecified atom stereocenters. The van der Waals surface area contributed by atoms with Gasteiger partial charge < -0.3 is 5.73 Å². The van der Waals surface area contributed by atoms with Gasteiger partial charge in [-0.1, -0.05) is 6.07 Å². The number of nitrogens with two attached hydrogens (primary N) is 1. The van der Waals surface area contributed by atoms with E-state index in [9.17, 15) is 4.39 Å². The molecule has 5 heteroatoms. The van der Waals surface area contributed by atoms with Crippen LogP contribution < -0.4 is 5.73 Å². The van der Waals surface area contributed by atoms with E-state index in [1.54, 1.807) is 12.1 Å². The third-order valence-electron chi connectivity index (χ3n) is 4.07. The molecule has 0 bridgehead atoms. The highest BCUT2D eigenvalue weighted by Gasteiger charge is 2.25. The van der Waals surface area contributed by atoms with Crippen molar-refractivity contribution in [3.63, 3.8) is 0 Å². The van der Waals surface area contributed by atoms with Crippen LogP contribution in [0.2, 0.25) is 0 Å². The number of hydrogen-bond donors (Lipinski definition) is 1. The van der Waals surface area contributed by atoms with E-state index in [0.29, 0.717) is 17.1 Å². The van der Waals surface area contributed by atoms with Gasteiger partial charge in [0.15, 0.2) is 0 Å². The molecule has 0 radical (unpaired) electrons. The second-order valence-electron chi connectivity index (χ2n) is 5.59. The van der Waals surface area contributed by atoms with Crippen LogP contribution in [0, 0.1) is 5.82 Å². The van der Waals surface area contributed by atoms with E-state index in [1.807, 2.05) is 6.07 Å². The first-order valence-corrected chi connectivity index (χ1v) is 7.95. The first kappa shape index (κ1) is 15.9. The van der Waals surface area contributed by atoms with Crippen LogP contribution >= 0.6 is 15.9 Å². The molecule has 2 N–H and O–H groups in total. The van der Waals surface area contributed by atoms with Crippen LogP contribution in [0.1, 0.15) is 25.5 Å². The van der Waals surface area contributed by atoms with E-state index in [4.69, 9.17) is 5.73 Å². The Labute approximate surface area is 129 Å². The van der Waals surface area contributed by atoms with Gasteiger partial charge in [-0.3, -0.25) is 9.80 Å². The second-order valence-corrected chi connectivity index (χ2v) is 6.45. The van der Waals surface area contributed by atoms with Crippen LogP contribution in [-0.4, -0.2) is 48.6 Å². The maximum absolute atomic E-state index is 13.7. The number of benzene rings is 1. The van der Waals surface area contributed by atoms with Gasteiger partial charge in [0.05, 0.1) is 4.47 Å². The number of nitrogens with zero attached hydrogens (tertiary/aromatic N) is 2. The van der Waals surface area contributed by atoms with Crippen molar-refractivity contribution in [2.24, 2.45) is 5.73 Å². The summed E-state index contributed by atoms with van der Waals surface area (Å²) in [6.45, 7) is 9.03. The maximum atomic E-state index is 13.7. The molecule has 112 valence electrons. The van der Waals surface area contributed by atoms with Crippen LogP contribution in [0.5, 0.6) is 0 Å². The van der Waals surface area contributed by atoms with Crippen LogP contribution in [0.15, 0.2) is 22.7 Å². The maximum Gasteiger partial charge on any atom is 0.137 e. The summed E-state index contributed by atoms with van der Waals surface area (Å²) in [6, 6.07) is 6.00. The summed E-state index contributed by atoms with van der Waals surface area (Å²) in [5, 5.41) is 0. The molecule has 2 rings (SSSR count). The highest BCUT2D eigenvalue weighted by atomic mass is 79.9. The molecular formula is C15H23BrFN3. The third kappa shape index (κ3) is 3.58. The summed E-state index contributed by atoms with van der Waals surface area (Å²) < 4.78 is 14.2. The Morgan fingerprint density at radius 2 is 1.80 bits per heavy atom. The predicted octanol–water partition coefficient (Wildman–Crippen LogP) is 2.61. The quantitative estimate of drug-likeness (QED) is 0.911. The summed E-state index contributed by atoms with van der Waals surface area (Å²) >= 11 is 3.19. The molecule has 0 aliphatic carbocycles. The number of piperazine rings is 1. The molecule has 0 saturated carbocycles. The zero-order valence-corrected chi connectivity index (χ0v) is 13.7. The molecule has 0 amide bonds. The van der Waals surface area contributed by atoms with Crippen LogP contribution in [0.3, 0.4) is 0 Å². The molecule has 1 aliphatic heterocycles. The molecule has 1 aliphatic rings. The standard InChI is InChI=1S/C15H23BrFN3/c1-11(2)19-5-7-20(8-6-19)15(10-18)12-3-4-13(16)14(17)9-12/h3-4,9,11,15H,5-8,10,18H2,1-2H3. The monoisotopic (exact) mass is 343 g/mol. The third-order valence-corrected chi connectivity index (χ3v) is 4.71. The molecule has 1 heterocycles. The van der Waals surface area contributed by atoms with Crippen molar-refractivity contribution < 1.29 is 4.39 Å². The van der Waals surface area contributed by atoms with Gasteiger partial charge in [0.1, 0.15) is 5.82 Å². The Balaban J connectivity index is 2.07. The lowest BCUT2D eigenvalue weighted by atomic mass is 10.0. The molecule has 1 fully saturated rings. The van der Waals surface area contributed by atoms with Gasteiger partial charge in [0.25, 0.3) is 0 Å². The summed E-state index contributed by atoms with van der Waals surface area (Å²) in [5.74, 6) is -0.221. The van der Waals surface area contributed by atoms with Crippen LogP contribution in [0.4, 0.5) is 4.39 Å². The molecule has 1 aromatic carbocycles. The molecule has 3 nitrogen and oxygen atoms in total. The Morgan fingerprint density at radius 1 is 1.20 bits per heavy atom. The molecule has 20 heavy (non-hydrogen) atoms. The smallest absolute Gasteiger partial charge is 0.137 e. The van der Waals surface area contributed by atoms with Gasteiger partial charge in [0.2, 0.25) is 0 Å². The topological polar surface area (TPSA) is 32.5 Å². The fourth-order valence-electron chi connectivity index (χ4n) is 2.78. The highest BCUT2D eigenvalue weighted by Crippen LogP contribution is 2.25. The Kier molecular flexibility index (Phi) is 5.55. The minimum absolute atomic E-state index is 0.104. The molecule has 0 aromatic heterocycles. The number of halogens is 2. The first-order valence-electron chi connectivity index (χ1n) is 7.16. The van der Waals surface area contributed by atoms with E-state index in [1.165, 1.54) is 0 Å². The van der Waals surface area contributed by atoms with Crippen molar-refractivity contribution in [1.82, 2.24) is 9.80 Å². The normalized spacial score (nSPS) is 19.5. The van der Waals surface area contributed by atoms with Crippen molar-refractivity contribution in [3.8, 4) is 0 Å². The number of rotatable bonds is 4. The van der Waals surface area contributed by atoms with Gasteiger partial charge in [-0.25, -0.2) is 4.39 Å². The van der Waals surface area contributed by atoms with Crippen molar-refractivity contribution in [2.75, 3.05) is 32.7 Å². The zero-order chi connectivity index (χ0) is 14.7. The predicted molar refractivity (Wildman–Crippen MR) is 84.2 cm³/mol. The van der Waals surface area contributed by atoms with E-state index >= 15 is 0 Å². The van der Waals surface area contributed by atoms with Gasteiger partial charge >= 0.3 is 0 Å². The molecule has 0 spiro atoms. The molecule has 1 saturated heterocycles. The minimum atomic E-state index is -0.221. The van der Waals surface area contributed by atoms with Crippen molar-refractivity contribution in [3.05, 3.63) is 34.1 Å². The summed E-state index contributed by atoms with van der Waals surface area (Å²) in [5.41, 5.74) is 6.89. The highest BCUT2D eigenvalue weighted by molar-refractivity contribution is 9.10. The van der Waals surface area contributed by atoms with Gasteiger partial charge in [-0.15, -0.1) is 0 Å². The fourth-order valence-corrected chi connectivity index (χ4v) is 3.03. The zero-order valence-electron chi connectivity index (χ0n) is 12.1. The summed E-state index contributed by atoms with van der Waals surface area (Å²) in [7, 11) is 0. The summed E-state index contributed by atoms with van der Waals surface area (Å²) in [4.78, 5) is 4.83. The largest absolute Gasteiger partial charge is 0.329 e.